The van der Waals surface area contributed by atoms with Crippen molar-refractivity contribution in [2.24, 2.45) is 0 Å². The van der Waals surface area contributed by atoms with Crippen molar-refractivity contribution in [1.29, 1.82) is 0 Å². The van der Waals surface area contributed by atoms with Crippen LogP contribution in [0.15, 0.2) is 27.8 Å². The summed E-state index contributed by atoms with van der Waals surface area (Å²) in [5, 5.41) is 3.76. The number of hydrogen-bond acceptors (Lipinski definition) is 5. The number of hydrogen-bond donors (Lipinski definition) is 2. The Hall–Kier alpha value is -2.74. The van der Waals surface area contributed by atoms with Crippen LogP contribution in [0.2, 0.25) is 5.02 Å². The van der Waals surface area contributed by atoms with E-state index in [-0.39, 0.29) is 0 Å². The summed E-state index contributed by atoms with van der Waals surface area (Å²) in [5.41, 5.74) is 0.699. The molecular weight excluding hydrogens is 382 g/mol. The number of benzene rings is 1. The lowest BCUT2D eigenvalue weighted by Gasteiger charge is -2.12. The zero-order chi connectivity index (χ0) is 20.3. The van der Waals surface area contributed by atoms with E-state index in [0.717, 1.165) is 18.5 Å². The van der Waals surface area contributed by atoms with Gasteiger partial charge in [-0.3, -0.25) is 14.3 Å². The van der Waals surface area contributed by atoms with E-state index in [1.807, 2.05) is 30.5 Å². The smallest absolute Gasteiger partial charge is 0.330 e. The Morgan fingerprint density at radius 3 is 2.71 bits per heavy atom. The molecular formula is C19H24ClN5O3. The minimum atomic E-state index is -0.428. The first-order chi connectivity index (χ1) is 13.5. The summed E-state index contributed by atoms with van der Waals surface area (Å²) in [7, 11) is 1.56. The normalized spacial score (nSPS) is 11.1. The highest BCUT2D eigenvalue weighted by molar-refractivity contribution is 6.32. The molecule has 0 radical (unpaired) electrons. The van der Waals surface area contributed by atoms with Crippen LogP contribution in [0, 0.1) is 0 Å². The van der Waals surface area contributed by atoms with Crippen molar-refractivity contribution in [3.05, 3.63) is 49.9 Å². The van der Waals surface area contributed by atoms with Gasteiger partial charge in [-0.05, 0) is 25.5 Å². The number of nitrogens with one attached hydrogen (secondary N) is 2. The highest BCUT2D eigenvalue weighted by atomic mass is 35.5. The van der Waals surface area contributed by atoms with E-state index in [1.165, 1.54) is 4.57 Å². The predicted octanol–water partition coefficient (Wildman–Crippen LogP) is 2.98. The molecule has 0 aliphatic rings. The number of unbranched alkanes of at least 4 members (excludes halogenated alkanes) is 1. The van der Waals surface area contributed by atoms with Gasteiger partial charge in [-0.1, -0.05) is 31.0 Å². The predicted molar refractivity (Wildman–Crippen MR) is 111 cm³/mol. The topological polar surface area (TPSA) is 93.9 Å². The average Bonchev–Trinajstić information content (AvgIpc) is 3.05. The van der Waals surface area contributed by atoms with Crippen LogP contribution in [0.3, 0.4) is 0 Å². The van der Waals surface area contributed by atoms with Crippen LogP contribution in [0.1, 0.15) is 32.5 Å². The zero-order valence-corrected chi connectivity index (χ0v) is 17.0. The molecule has 2 aromatic heterocycles. The molecule has 1 aromatic carbocycles. The first-order valence-corrected chi connectivity index (χ1v) is 9.68. The van der Waals surface area contributed by atoms with Gasteiger partial charge in [-0.2, -0.15) is 0 Å². The lowest BCUT2D eigenvalue weighted by atomic mass is 10.3. The number of ether oxygens (including phenoxy) is 1. The fraction of sp³-hybridized carbons (Fsp3) is 0.421. The maximum absolute atomic E-state index is 12.5. The first kappa shape index (κ1) is 20.0. The number of H-pyrrole nitrogens is 1. The van der Waals surface area contributed by atoms with E-state index < -0.39 is 11.2 Å². The minimum Gasteiger partial charge on any atom is -0.493 e. The number of fused-ring (bicyclic) bond motifs is 1. The first-order valence-electron chi connectivity index (χ1n) is 9.30. The van der Waals surface area contributed by atoms with Crippen molar-refractivity contribution in [3.8, 4) is 5.75 Å². The van der Waals surface area contributed by atoms with Gasteiger partial charge in [0.1, 0.15) is 5.82 Å². The monoisotopic (exact) mass is 405 g/mol. The number of aromatic nitrogens is 4. The summed E-state index contributed by atoms with van der Waals surface area (Å²) >= 11 is 6.17. The van der Waals surface area contributed by atoms with E-state index in [4.69, 9.17) is 16.3 Å². The van der Waals surface area contributed by atoms with Gasteiger partial charge in [-0.25, -0.2) is 9.78 Å². The molecule has 0 unspecified atom stereocenters. The Kier molecular flexibility index (Phi) is 6.08. The molecule has 150 valence electrons. The second-order valence-electron chi connectivity index (χ2n) is 6.38. The summed E-state index contributed by atoms with van der Waals surface area (Å²) in [6, 6.07) is 5.43. The molecule has 3 rings (SSSR count). The van der Waals surface area contributed by atoms with Crippen molar-refractivity contribution < 1.29 is 4.74 Å². The van der Waals surface area contributed by atoms with E-state index in [1.54, 1.807) is 13.2 Å². The zero-order valence-electron chi connectivity index (χ0n) is 16.2. The summed E-state index contributed by atoms with van der Waals surface area (Å²) in [5.74, 6) is 1.20. The summed E-state index contributed by atoms with van der Waals surface area (Å²) in [6.45, 7) is 5.39. The Bertz CT molecular complexity index is 1100. The number of imidazole rings is 1. The molecule has 0 aliphatic carbocycles. The number of nitrogens with zero attached hydrogens (tertiary/aromatic N) is 3. The lowest BCUT2D eigenvalue weighted by molar-refractivity contribution is 0.416. The number of para-hydroxylation sites is 1. The van der Waals surface area contributed by atoms with Crippen LogP contribution >= 0.6 is 11.6 Å². The van der Waals surface area contributed by atoms with Gasteiger partial charge in [0.15, 0.2) is 16.9 Å². The van der Waals surface area contributed by atoms with Gasteiger partial charge >= 0.3 is 5.69 Å². The molecule has 0 saturated heterocycles. The van der Waals surface area contributed by atoms with Gasteiger partial charge in [0.25, 0.3) is 5.56 Å². The van der Waals surface area contributed by atoms with Crippen molar-refractivity contribution in [2.45, 2.75) is 46.3 Å². The van der Waals surface area contributed by atoms with Gasteiger partial charge in [0.05, 0.1) is 24.4 Å². The van der Waals surface area contributed by atoms with Crippen LogP contribution < -0.4 is 21.3 Å². The van der Waals surface area contributed by atoms with Gasteiger partial charge in [-0.15, -0.1) is 0 Å². The maximum atomic E-state index is 12.5. The van der Waals surface area contributed by atoms with Crippen LogP contribution in [0.4, 0.5) is 5.69 Å². The quantitative estimate of drug-likeness (QED) is 0.600. The molecule has 9 heteroatoms. The molecule has 0 saturated carbocycles. The Morgan fingerprint density at radius 2 is 2.04 bits per heavy atom. The third-order valence-corrected chi connectivity index (χ3v) is 4.92. The fourth-order valence-electron chi connectivity index (χ4n) is 3.25. The van der Waals surface area contributed by atoms with Crippen molar-refractivity contribution in [3.63, 3.8) is 0 Å². The van der Waals surface area contributed by atoms with Crippen LogP contribution in [0.25, 0.3) is 11.2 Å². The minimum absolute atomic E-state index is 0.348. The molecule has 2 heterocycles. The maximum Gasteiger partial charge on any atom is 0.330 e. The third kappa shape index (κ3) is 3.64. The molecule has 0 bridgehead atoms. The Balaban J connectivity index is 2.05. The Morgan fingerprint density at radius 1 is 1.25 bits per heavy atom. The number of aromatic amines is 1. The molecule has 28 heavy (non-hydrogen) atoms. The van der Waals surface area contributed by atoms with Gasteiger partial charge in [0, 0.05) is 13.1 Å². The molecule has 0 fully saturated rings. The molecule has 3 aromatic rings. The van der Waals surface area contributed by atoms with Crippen LogP contribution in [-0.2, 0) is 19.6 Å². The van der Waals surface area contributed by atoms with E-state index in [0.29, 0.717) is 47.4 Å². The standard InChI is InChI=1S/C19H24ClN5O3/c1-4-6-10-25-17-15(18(26)23-19(25)27)24(5-2)14(22-17)11-21-13-9-7-8-12(20)16(13)28-3/h7-9,21H,4-6,10-11H2,1-3H3,(H,23,26,27). The number of anilines is 1. The number of aryl methyl sites for hydroxylation is 2. The van der Waals surface area contributed by atoms with Crippen LogP contribution in [-0.4, -0.2) is 26.2 Å². The molecule has 0 aliphatic heterocycles. The van der Waals surface area contributed by atoms with Gasteiger partial charge < -0.3 is 14.6 Å². The van der Waals surface area contributed by atoms with Crippen molar-refractivity contribution >= 4 is 28.5 Å². The van der Waals surface area contributed by atoms with Crippen molar-refractivity contribution in [2.75, 3.05) is 12.4 Å². The number of rotatable bonds is 8. The molecule has 2 N–H and O–H groups in total. The molecule has 0 spiro atoms. The summed E-state index contributed by atoms with van der Waals surface area (Å²) in [6.07, 6.45) is 1.76. The molecule has 0 amide bonds. The second kappa shape index (κ2) is 8.52. The lowest BCUT2D eigenvalue weighted by Crippen LogP contribution is -2.31. The van der Waals surface area contributed by atoms with E-state index in [9.17, 15) is 9.59 Å². The van der Waals surface area contributed by atoms with E-state index >= 15 is 0 Å². The summed E-state index contributed by atoms with van der Waals surface area (Å²) < 4.78 is 8.71. The number of methoxy groups -OCH3 is 1. The molecule has 8 nitrogen and oxygen atoms in total. The highest BCUT2D eigenvalue weighted by Crippen LogP contribution is 2.32. The Labute approximate surface area is 167 Å². The average molecular weight is 406 g/mol. The fourth-order valence-corrected chi connectivity index (χ4v) is 3.50. The summed E-state index contributed by atoms with van der Waals surface area (Å²) in [4.78, 5) is 31.8. The second-order valence-corrected chi connectivity index (χ2v) is 6.79. The highest BCUT2D eigenvalue weighted by Gasteiger charge is 2.18. The van der Waals surface area contributed by atoms with Crippen molar-refractivity contribution in [1.82, 2.24) is 19.1 Å². The van der Waals surface area contributed by atoms with Crippen LogP contribution in [0.5, 0.6) is 5.75 Å². The van der Waals surface area contributed by atoms with Gasteiger partial charge in [0.2, 0.25) is 0 Å². The SMILES string of the molecule is CCCCn1c(=O)[nH]c(=O)c2c1nc(CNc1cccc(Cl)c1OC)n2CC. The largest absolute Gasteiger partial charge is 0.493 e. The number of halogens is 1. The van der Waals surface area contributed by atoms with E-state index in [2.05, 4.69) is 15.3 Å². The third-order valence-electron chi connectivity index (χ3n) is 4.62. The molecule has 0 atom stereocenters.